The molecule has 0 amide bonds. The number of nitrogens with zero attached hydrogens (tertiary/aromatic N) is 1. The topological polar surface area (TPSA) is 38.5 Å². The average molecular weight is 222 g/mol. The van der Waals surface area contributed by atoms with Gasteiger partial charge in [0, 0.05) is 39.5 Å². The number of methoxy groups -OCH3 is 1. The van der Waals surface area contributed by atoms with Crippen molar-refractivity contribution in [1.29, 1.82) is 0 Å². The molecule has 0 atom stereocenters. The Morgan fingerprint density at radius 2 is 2.12 bits per heavy atom. The minimum Gasteiger partial charge on any atom is -0.385 e. The molecule has 0 bridgehead atoms. The van der Waals surface area contributed by atoms with Gasteiger partial charge < -0.3 is 15.4 Å². The molecule has 0 heterocycles. The number of anilines is 1. The van der Waals surface area contributed by atoms with Crippen molar-refractivity contribution in [3.8, 4) is 0 Å². The van der Waals surface area contributed by atoms with Gasteiger partial charge in [-0.1, -0.05) is 12.1 Å². The number of benzene rings is 1. The van der Waals surface area contributed by atoms with E-state index in [1.54, 1.807) is 7.11 Å². The number of ether oxygens (including phenoxy) is 1. The summed E-state index contributed by atoms with van der Waals surface area (Å²) in [6.45, 7) is 4.48. The maximum Gasteiger partial charge on any atom is 0.0479 e. The van der Waals surface area contributed by atoms with Gasteiger partial charge >= 0.3 is 0 Å². The third-order valence-corrected chi connectivity index (χ3v) is 2.71. The molecule has 0 aromatic heterocycles. The van der Waals surface area contributed by atoms with Crippen LogP contribution >= 0.6 is 0 Å². The predicted octanol–water partition coefficient (Wildman–Crippen LogP) is 1.93. The van der Waals surface area contributed by atoms with Crippen LogP contribution in [0.4, 0.5) is 5.69 Å². The fraction of sp³-hybridized carbons (Fsp3) is 0.538. The zero-order chi connectivity index (χ0) is 12.0. The number of aryl methyl sites for hydroxylation is 1. The summed E-state index contributed by atoms with van der Waals surface area (Å²) in [5.41, 5.74) is 9.45. The molecule has 2 N–H and O–H groups in total. The Hall–Kier alpha value is -1.06. The van der Waals surface area contributed by atoms with Crippen molar-refractivity contribution < 1.29 is 4.74 Å². The van der Waals surface area contributed by atoms with E-state index in [1.807, 2.05) is 0 Å². The minimum atomic E-state index is 0.588. The Bertz CT molecular complexity index is 326. The van der Waals surface area contributed by atoms with Crippen molar-refractivity contribution in [2.24, 2.45) is 5.73 Å². The van der Waals surface area contributed by atoms with Crippen molar-refractivity contribution >= 4 is 5.69 Å². The summed E-state index contributed by atoms with van der Waals surface area (Å²) < 4.78 is 5.06. The second-order valence-corrected chi connectivity index (χ2v) is 4.10. The van der Waals surface area contributed by atoms with E-state index in [2.05, 4.69) is 37.1 Å². The lowest BCUT2D eigenvalue weighted by molar-refractivity contribution is 0.196. The van der Waals surface area contributed by atoms with E-state index >= 15 is 0 Å². The number of hydrogen-bond acceptors (Lipinski definition) is 3. The van der Waals surface area contributed by atoms with Crippen LogP contribution in [0, 0.1) is 6.92 Å². The summed E-state index contributed by atoms with van der Waals surface area (Å²) in [5.74, 6) is 0. The lowest BCUT2D eigenvalue weighted by atomic mass is 10.1. The highest BCUT2D eigenvalue weighted by Crippen LogP contribution is 2.20. The molecule has 16 heavy (non-hydrogen) atoms. The third-order valence-electron chi connectivity index (χ3n) is 2.71. The molecule has 1 rings (SSSR count). The molecule has 1 aromatic rings. The maximum absolute atomic E-state index is 5.74. The molecule has 0 saturated carbocycles. The first-order valence-electron chi connectivity index (χ1n) is 5.68. The van der Waals surface area contributed by atoms with Gasteiger partial charge in [0.1, 0.15) is 0 Å². The van der Waals surface area contributed by atoms with Gasteiger partial charge in [0.25, 0.3) is 0 Å². The van der Waals surface area contributed by atoms with Gasteiger partial charge in [0.05, 0.1) is 0 Å². The van der Waals surface area contributed by atoms with Crippen LogP contribution in [-0.2, 0) is 11.3 Å². The van der Waals surface area contributed by atoms with Crippen molar-refractivity contribution in [1.82, 2.24) is 0 Å². The molecule has 1 aromatic carbocycles. The molecular weight excluding hydrogens is 200 g/mol. The van der Waals surface area contributed by atoms with Gasteiger partial charge in [-0.05, 0) is 30.5 Å². The van der Waals surface area contributed by atoms with Crippen molar-refractivity contribution in [3.05, 3.63) is 29.3 Å². The zero-order valence-corrected chi connectivity index (χ0v) is 10.5. The summed E-state index contributed by atoms with van der Waals surface area (Å²) >= 11 is 0. The van der Waals surface area contributed by atoms with Gasteiger partial charge in [-0.15, -0.1) is 0 Å². The summed E-state index contributed by atoms with van der Waals surface area (Å²) in [5, 5.41) is 0. The van der Waals surface area contributed by atoms with Crippen LogP contribution in [0.5, 0.6) is 0 Å². The molecular formula is C13H22N2O. The van der Waals surface area contributed by atoms with Crippen molar-refractivity contribution in [3.63, 3.8) is 0 Å². The van der Waals surface area contributed by atoms with Gasteiger partial charge in [-0.2, -0.15) is 0 Å². The standard InChI is InChI=1S/C13H22N2O/c1-11-5-6-12(10-14)13(9-11)15(2)7-4-8-16-3/h5-6,9H,4,7-8,10,14H2,1-3H3. The van der Waals surface area contributed by atoms with Gasteiger partial charge in [-0.25, -0.2) is 0 Å². The number of nitrogens with two attached hydrogens (primary N) is 1. The molecule has 3 nitrogen and oxygen atoms in total. The lowest BCUT2D eigenvalue weighted by Gasteiger charge is -2.22. The predicted molar refractivity (Wildman–Crippen MR) is 68.8 cm³/mol. The van der Waals surface area contributed by atoms with E-state index in [9.17, 15) is 0 Å². The minimum absolute atomic E-state index is 0.588. The molecule has 0 spiro atoms. The molecule has 0 aliphatic rings. The second kappa shape index (κ2) is 6.51. The van der Waals surface area contributed by atoms with Crippen molar-refractivity contribution in [2.45, 2.75) is 19.9 Å². The quantitative estimate of drug-likeness (QED) is 0.747. The summed E-state index contributed by atoms with van der Waals surface area (Å²) in [4.78, 5) is 2.24. The van der Waals surface area contributed by atoms with Crippen LogP contribution in [0.3, 0.4) is 0 Å². The van der Waals surface area contributed by atoms with Crippen LogP contribution in [0.15, 0.2) is 18.2 Å². The van der Waals surface area contributed by atoms with Crippen LogP contribution in [0.25, 0.3) is 0 Å². The molecule has 0 unspecified atom stereocenters. The number of hydrogen-bond donors (Lipinski definition) is 1. The van der Waals surface area contributed by atoms with E-state index in [0.717, 1.165) is 19.6 Å². The first-order valence-corrected chi connectivity index (χ1v) is 5.68. The van der Waals surface area contributed by atoms with Gasteiger partial charge in [0.15, 0.2) is 0 Å². The highest BCUT2D eigenvalue weighted by molar-refractivity contribution is 5.54. The smallest absolute Gasteiger partial charge is 0.0479 e. The monoisotopic (exact) mass is 222 g/mol. The molecule has 0 fully saturated rings. The maximum atomic E-state index is 5.74. The van der Waals surface area contributed by atoms with Gasteiger partial charge in [0.2, 0.25) is 0 Å². The Labute approximate surface area is 98.2 Å². The number of rotatable bonds is 6. The van der Waals surface area contributed by atoms with E-state index in [0.29, 0.717) is 6.54 Å². The molecule has 90 valence electrons. The van der Waals surface area contributed by atoms with Crippen LogP contribution in [0.1, 0.15) is 17.5 Å². The van der Waals surface area contributed by atoms with E-state index in [-0.39, 0.29) is 0 Å². The highest BCUT2D eigenvalue weighted by Gasteiger charge is 2.06. The first kappa shape index (κ1) is 13.0. The van der Waals surface area contributed by atoms with Crippen LogP contribution < -0.4 is 10.6 Å². The van der Waals surface area contributed by atoms with E-state index in [1.165, 1.54) is 16.8 Å². The van der Waals surface area contributed by atoms with Crippen LogP contribution in [-0.4, -0.2) is 27.3 Å². The third kappa shape index (κ3) is 3.51. The average Bonchev–Trinajstić information content (AvgIpc) is 2.29. The molecule has 0 radical (unpaired) electrons. The molecule has 3 heteroatoms. The lowest BCUT2D eigenvalue weighted by Crippen LogP contribution is -2.21. The van der Waals surface area contributed by atoms with E-state index < -0.39 is 0 Å². The van der Waals surface area contributed by atoms with Crippen molar-refractivity contribution in [2.75, 3.05) is 32.2 Å². The fourth-order valence-corrected chi connectivity index (χ4v) is 1.77. The van der Waals surface area contributed by atoms with Gasteiger partial charge in [-0.3, -0.25) is 0 Å². The van der Waals surface area contributed by atoms with Crippen LogP contribution in [0.2, 0.25) is 0 Å². The normalized spacial score (nSPS) is 10.5. The molecule has 0 saturated heterocycles. The largest absolute Gasteiger partial charge is 0.385 e. The molecule has 0 aliphatic heterocycles. The second-order valence-electron chi connectivity index (χ2n) is 4.10. The Morgan fingerprint density at radius 3 is 2.75 bits per heavy atom. The summed E-state index contributed by atoms with van der Waals surface area (Å²) in [6, 6.07) is 6.40. The zero-order valence-electron chi connectivity index (χ0n) is 10.5. The Balaban J connectivity index is 2.72. The SMILES string of the molecule is COCCCN(C)c1cc(C)ccc1CN. The fourth-order valence-electron chi connectivity index (χ4n) is 1.77. The summed E-state index contributed by atoms with van der Waals surface area (Å²) in [6.07, 6.45) is 1.03. The Kier molecular flexibility index (Phi) is 5.29. The molecule has 0 aliphatic carbocycles. The summed E-state index contributed by atoms with van der Waals surface area (Å²) in [7, 11) is 3.83. The highest BCUT2D eigenvalue weighted by atomic mass is 16.5. The Morgan fingerprint density at radius 1 is 1.38 bits per heavy atom. The van der Waals surface area contributed by atoms with E-state index in [4.69, 9.17) is 10.5 Å². The first-order chi connectivity index (χ1) is 7.69.